The molecule has 0 unspecified atom stereocenters. The molecule has 2 heterocycles. The zero-order valence-electron chi connectivity index (χ0n) is 23.4. The first kappa shape index (κ1) is 30.6. The summed E-state index contributed by atoms with van der Waals surface area (Å²) in [6.07, 6.45) is 1.78. The number of piperazine rings is 1. The molecule has 0 aliphatic carbocycles. The molecule has 41 heavy (non-hydrogen) atoms. The summed E-state index contributed by atoms with van der Waals surface area (Å²) in [6.45, 7) is 6.16. The molecule has 0 radical (unpaired) electrons. The smallest absolute Gasteiger partial charge is 0.355 e. The molecule has 3 N–H and O–H groups in total. The van der Waals surface area contributed by atoms with Gasteiger partial charge in [0, 0.05) is 26.2 Å². The van der Waals surface area contributed by atoms with Crippen molar-refractivity contribution in [3.05, 3.63) is 75.8 Å². The van der Waals surface area contributed by atoms with Crippen LogP contribution in [-0.4, -0.2) is 65.5 Å². The van der Waals surface area contributed by atoms with E-state index >= 15 is 0 Å². The Balaban J connectivity index is 1.61. The molecule has 12 heteroatoms. The van der Waals surface area contributed by atoms with Crippen molar-refractivity contribution in [2.24, 2.45) is 0 Å². The summed E-state index contributed by atoms with van der Waals surface area (Å²) < 4.78 is 28.8. The van der Waals surface area contributed by atoms with Gasteiger partial charge < -0.3 is 20.4 Å². The van der Waals surface area contributed by atoms with E-state index in [2.05, 4.69) is 31.1 Å². The molecule has 1 aliphatic heterocycles. The van der Waals surface area contributed by atoms with E-state index < -0.39 is 34.5 Å². The number of aliphatic hydroxyl groups is 1. The molecule has 1 fully saturated rings. The van der Waals surface area contributed by atoms with E-state index in [0.29, 0.717) is 11.0 Å². The van der Waals surface area contributed by atoms with Crippen molar-refractivity contribution in [3.63, 3.8) is 0 Å². The zero-order chi connectivity index (χ0) is 29.7. The largest absolute Gasteiger partial charge is 0.476 e. The van der Waals surface area contributed by atoms with Crippen LogP contribution in [0.5, 0.6) is 0 Å². The Hall–Kier alpha value is -3.32. The van der Waals surface area contributed by atoms with Gasteiger partial charge in [0.15, 0.2) is 10.8 Å². The van der Waals surface area contributed by atoms with Gasteiger partial charge in [-0.2, -0.15) is 4.31 Å². The summed E-state index contributed by atoms with van der Waals surface area (Å²) in [6, 6.07) is 13.5. The standard InChI is InChI=1S/C29H36N4O6S2/c1-4-5-20-8-12-23(13-9-20)41(38,39)33-15-14-32(29-31-26(28(36)37)25(18-34)40-29)17-24(33)27(35)30-16-21-6-10-22(11-7-21)19(2)3/h6-13,19,24,34H,4-5,14-18H2,1-3H3,(H,30,35)(H,36,37)/t24-/m1/s1. The number of thiazole rings is 1. The maximum atomic E-state index is 13.8. The van der Waals surface area contributed by atoms with Crippen molar-refractivity contribution < 1.29 is 28.2 Å². The number of nitrogens with zero attached hydrogens (tertiary/aromatic N) is 3. The molecule has 1 aliphatic rings. The van der Waals surface area contributed by atoms with Gasteiger partial charge in [0.05, 0.1) is 16.4 Å². The lowest BCUT2D eigenvalue weighted by atomic mass is 10.0. The Labute approximate surface area is 244 Å². The number of carbonyl (C=O) groups is 2. The van der Waals surface area contributed by atoms with Crippen molar-refractivity contribution in [2.45, 2.75) is 63.6 Å². The highest BCUT2D eigenvalue weighted by Crippen LogP contribution is 2.30. The number of hydrogen-bond acceptors (Lipinski definition) is 8. The normalized spacial score (nSPS) is 16.2. The molecule has 10 nitrogen and oxygen atoms in total. The molecule has 0 spiro atoms. The predicted molar refractivity (Wildman–Crippen MR) is 158 cm³/mol. The topological polar surface area (TPSA) is 140 Å². The monoisotopic (exact) mass is 600 g/mol. The van der Waals surface area contributed by atoms with Crippen LogP contribution in [0.4, 0.5) is 5.13 Å². The highest BCUT2D eigenvalue weighted by atomic mass is 32.2. The number of anilines is 1. The summed E-state index contributed by atoms with van der Waals surface area (Å²) in [5.74, 6) is -1.35. The van der Waals surface area contributed by atoms with Crippen molar-refractivity contribution in [3.8, 4) is 0 Å². The first-order valence-corrected chi connectivity index (χ1v) is 15.9. The van der Waals surface area contributed by atoms with Crippen LogP contribution in [0.1, 0.15) is 65.2 Å². The molecule has 1 atom stereocenters. The number of aryl methyl sites for hydroxylation is 1. The van der Waals surface area contributed by atoms with Crippen molar-refractivity contribution in [2.75, 3.05) is 24.5 Å². The quantitative estimate of drug-likeness (QED) is 0.303. The second-order valence-electron chi connectivity index (χ2n) is 10.3. The third-order valence-electron chi connectivity index (χ3n) is 7.12. The van der Waals surface area contributed by atoms with Crippen LogP contribution in [-0.2, 0) is 34.4 Å². The molecule has 2 aromatic carbocycles. The summed E-state index contributed by atoms with van der Waals surface area (Å²) >= 11 is 1.02. The third kappa shape index (κ3) is 6.95. The summed E-state index contributed by atoms with van der Waals surface area (Å²) in [4.78, 5) is 31.4. The number of carboxylic acids is 1. The van der Waals surface area contributed by atoms with Crippen molar-refractivity contribution >= 4 is 38.4 Å². The van der Waals surface area contributed by atoms with Gasteiger partial charge in [0.1, 0.15) is 6.04 Å². The van der Waals surface area contributed by atoms with Gasteiger partial charge in [-0.05, 0) is 41.2 Å². The fourth-order valence-electron chi connectivity index (χ4n) is 4.77. The number of sulfonamides is 1. The van der Waals surface area contributed by atoms with E-state index in [1.54, 1.807) is 29.2 Å². The van der Waals surface area contributed by atoms with Crippen LogP contribution in [0.25, 0.3) is 0 Å². The van der Waals surface area contributed by atoms with E-state index in [-0.39, 0.29) is 41.6 Å². The molecule has 1 saturated heterocycles. The molecule has 0 saturated carbocycles. The lowest BCUT2D eigenvalue weighted by Gasteiger charge is -2.39. The number of nitrogens with one attached hydrogen (secondary N) is 1. The van der Waals surface area contributed by atoms with Gasteiger partial charge in [0.2, 0.25) is 15.9 Å². The van der Waals surface area contributed by atoms with Crippen LogP contribution >= 0.6 is 11.3 Å². The van der Waals surface area contributed by atoms with Crippen molar-refractivity contribution in [1.82, 2.24) is 14.6 Å². The second kappa shape index (κ2) is 13.1. The summed E-state index contributed by atoms with van der Waals surface area (Å²) in [7, 11) is -4.02. The maximum absolute atomic E-state index is 13.8. The number of carbonyl (C=O) groups excluding carboxylic acids is 1. The van der Waals surface area contributed by atoms with Crippen molar-refractivity contribution in [1.29, 1.82) is 0 Å². The average Bonchev–Trinajstić information content (AvgIpc) is 3.41. The van der Waals surface area contributed by atoms with Gasteiger partial charge in [0.25, 0.3) is 0 Å². The number of rotatable bonds is 11. The van der Waals surface area contributed by atoms with Crippen LogP contribution in [0.2, 0.25) is 0 Å². The molecule has 3 aromatic rings. The average molecular weight is 601 g/mol. The predicted octanol–water partition coefficient (Wildman–Crippen LogP) is 3.61. The van der Waals surface area contributed by atoms with Crippen LogP contribution in [0, 0.1) is 0 Å². The number of hydrogen-bond donors (Lipinski definition) is 3. The molecule has 4 rings (SSSR count). The second-order valence-corrected chi connectivity index (χ2v) is 13.3. The fourth-order valence-corrected chi connectivity index (χ4v) is 7.29. The third-order valence-corrected chi connectivity index (χ3v) is 10.1. The zero-order valence-corrected chi connectivity index (χ0v) is 25.0. The Morgan fingerprint density at radius 3 is 2.29 bits per heavy atom. The number of carboxylic acid groups (broad SMARTS) is 1. The first-order valence-electron chi connectivity index (χ1n) is 13.6. The Bertz CT molecular complexity index is 1470. The molecular weight excluding hydrogens is 564 g/mol. The summed E-state index contributed by atoms with van der Waals surface area (Å²) in [5, 5.41) is 22.3. The summed E-state index contributed by atoms with van der Waals surface area (Å²) in [5.41, 5.74) is 2.85. The van der Waals surface area contributed by atoms with Gasteiger partial charge in [-0.15, -0.1) is 0 Å². The minimum absolute atomic E-state index is 0.00331. The molecule has 220 valence electrons. The fraction of sp³-hybridized carbons (Fsp3) is 0.414. The van der Waals surface area contributed by atoms with E-state index in [0.717, 1.165) is 35.3 Å². The number of aromatic nitrogens is 1. The number of aromatic carboxylic acids is 1. The van der Waals surface area contributed by atoms with E-state index in [1.165, 1.54) is 9.87 Å². The van der Waals surface area contributed by atoms with Gasteiger partial charge in [-0.25, -0.2) is 18.2 Å². The SMILES string of the molecule is CCCc1ccc(S(=O)(=O)N2CCN(c3nc(C(=O)O)c(CO)s3)C[C@@H]2C(=O)NCc2ccc(C(C)C)cc2)cc1. The highest BCUT2D eigenvalue weighted by molar-refractivity contribution is 7.89. The number of benzene rings is 2. The lowest BCUT2D eigenvalue weighted by molar-refractivity contribution is -0.125. The first-order chi connectivity index (χ1) is 19.5. The van der Waals surface area contributed by atoms with Gasteiger partial charge in [-0.3, -0.25) is 4.79 Å². The number of amides is 1. The van der Waals surface area contributed by atoms with E-state index in [1.807, 2.05) is 24.3 Å². The minimum atomic E-state index is -4.02. The maximum Gasteiger partial charge on any atom is 0.355 e. The van der Waals surface area contributed by atoms with E-state index in [9.17, 15) is 28.2 Å². The molecule has 1 amide bonds. The lowest BCUT2D eigenvalue weighted by Crippen LogP contribution is -2.60. The van der Waals surface area contributed by atoms with E-state index in [4.69, 9.17) is 0 Å². The Kier molecular flexibility index (Phi) is 9.80. The van der Waals surface area contributed by atoms with Crippen LogP contribution in [0.3, 0.4) is 0 Å². The number of aliphatic hydroxyl groups excluding tert-OH is 1. The van der Waals surface area contributed by atoms with Gasteiger partial charge in [-0.1, -0.05) is 74.9 Å². The minimum Gasteiger partial charge on any atom is -0.476 e. The van der Waals surface area contributed by atoms with Gasteiger partial charge >= 0.3 is 5.97 Å². The van der Waals surface area contributed by atoms with Crippen LogP contribution < -0.4 is 10.2 Å². The molecule has 1 aromatic heterocycles. The molecular formula is C29H36N4O6S2. The highest BCUT2D eigenvalue weighted by Gasteiger charge is 2.41. The Morgan fingerprint density at radius 1 is 1.07 bits per heavy atom. The van der Waals surface area contributed by atoms with Crippen LogP contribution in [0.15, 0.2) is 53.4 Å². The molecule has 0 bridgehead atoms. The Morgan fingerprint density at radius 2 is 1.73 bits per heavy atom.